The number of aryl methyl sites for hydroxylation is 1. The minimum atomic E-state index is -3.87. The lowest BCUT2D eigenvalue weighted by Gasteiger charge is -2.27. The Labute approximate surface area is 114 Å². The Morgan fingerprint density at radius 1 is 1.32 bits per heavy atom. The average molecular weight is 283 g/mol. The van der Waals surface area contributed by atoms with Gasteiger partial charge < -0.3 is 5.73 Å². The summed E-state index contributed by atoms with van der Waals surface area (Å²) >= 11 is 0. The van der Waals surface area contributed by atoms with Gasteiger partial charge in [0.25, 0.3) is 0 Å². The van der Waals surface area contributed by atoms with E-state index < -0.39 is 20.5 Å². The van der Waals surface area contributed by atoms with Crippen molar-refractivity contribution in [3.63, 3.8) is 0 Å². The molecule has 106 valence electrons. The molecule has 19 heavy (non-hydrogen) atoms. The van der Waals surface area contributed by atoms with Gasteiger partial charge in [0.2, 0.25) is 9.84 Å². The van der Waals surface area contributed by atoms with Crippen LogP contribution in [0.1, 0.15) is 38.7 Å². The Kier molecular flexibility index (Phi) is 4.87. The fourth-order valence-electron chi connectivity index (χ4n) is 1.99. The van der Waals surface area contributed by atoms with Crippen LogP contribution in [0.2, 0.25) is 0 Å². The molecule has 1 aromatic carbocycles. The number of benzene rings is 1. The molecule has 0 saturated heterocycles. The summed E-state index contributed by atoms with van der Waals surface area (Å²) in [5.41, 5.74) is 6.57. The number of carbonyl (C=O) groups excluding carboxylic acids is 1. The second-order valence-electron chi connectivity index (χ2n) is 4.82. The Morgan fingerprint density at radius 2 is 1.89 bits per heavy atom. The van der Waals surface area contributed by atoms with Gasteiger partial charge in [-0.15, -0.1) is 0 Å². The van der Waals surface area contributed by atoms with Crippen LogP contribution in [0.4, 0.5) is 0 Å². The molecule has 4 nitrogen and oxygen atoms in total. The van der Waals surface area contributed by atoms with E-state index in [9.17, 15) is 13.2 Å². The number of unbranched alkanes of at least 4 members (excludes halogenated alkanes) is 1. The van der Waals surface area contributed by atoms with Gasteiger partial charge in [-0.1, -0.05) is 38.0 Å². The first-order valence-electron chi connectivity index (χ1n) is 6.37. The average Bonchev–Trinajstić information content (AvgIpc) is 2.35. The van der Waals surface area contributed by atoms with E-state index in [4.69, 9.17) is 5.73 Å². The third-order valence-corrected chi connectivity index (χ3v) is 5.85. The minimum absolute atomic E-state index is 0.142. The summed E-state index contributed by atoms with van der Waals surface area (Å²) in [7, 11) is -3.87. The van der Waals surface area contributed by atoms with Gasteiger partial charge in [-0.05, 0) is 31.9 Å². The normalized spacial score (nSPS) is 14.9. The van der Waals surface area contributed by atoms with Crippen molar-refractivity contribution in [1.82, 2.24) is 0 Å². The summed E-state index contributed by atoms with van der Waals surface area (Å²) in [5, 5.41) is 0. The third-order valence-electron chi connectivity index (χ3n) is 3.36. The van der Waals surface area contributed by atoms with E-state index in [1.807, 2.05) is 6.92 Å². The summed E-state index contributed by atoms with van der Waals surface area (Å²) in [4.78, 5) is 10.1. The highest BCUT2D eigenvalue weighted by molar-refractivity contribution is 7.93. The number of hydrogen-bond acceptors (Lipinski definition) is 4. The Balaban J connectivity index is 3.37. The van der Waals surface area contributed by atoms with Crippen LogP contribution in [0.15, 0.2) is 29.2 Å². The van der Waals surface area contributed by atoms with Crippen LogP contribution in [0.5, 0.6) is 0 Å². The molecular formula is C14H21NO3S. The topological polar surface area (TPSA) is 77.2 Å². The van der Waals surface area contributed by atoms with E-state index in [0.717, 1.165) is 6.42 Å². The fraction of sp³-hybridized carbons (Fsp3) is 0.500. The molecule has 0 aliphatic heterocycles. The first kappa shape index (κ1) is 15.9. The van der Waals surface area contributed by atoms with E-state index >= 15 is 0 Å². The van der Waals surface area contributed by atoms with Gasteiger partial charge in [0.15, 0.2) is 10.7 Å². The standard InChI is InChI=1S/C14H21NO3S/c1-4-5-10-14(15,12(3)16)19(17,18)13-9-7-6-8-11(13)2/h6-9H,4-5,10,15H2,1-3H3. The largest absolute Gasteiger partial charge is 0.306 e. The van der Waals surface area contributed by atoms with Crippen LogP contribution >= 0.6 is 0 Å². The molecule has 1 unspecified atom stereocenters. The van der Waals surface area contributed by atoms with E-state index in [-0.39, 0.29) is 11.3 Å². The van der Waals surface area contributed by atoms with E-state index in [1.165, 1.54) is 13.0 Å². The van der Waals surface area contributed by atoms with Crippen LogP contribution in [-0.4, -0.2) is 19.1 Å². The predicted octanol–water partition coefficient (Wildman–Crippen LogP) is 2.20. The van der Waals surface area contributed by atoms with Crippen LogP contribution < -0.4 is 5.73 Å². The number of sulfone groups is 1. The number of Topliss-reactive ketones (excluding diaryl/α,β-unsaturated/α-hetero) is 1. The molecular weight excluding hydrogens is 262 g/mol. The number of carbonyl (C=O) groups is 1. The number of hydrogen-bond donors (Lipinski definition) is 1. The van der Waals surface area contributed by atoms with Crippen LogP contribution in [0, 0.1) is 6.92 Å². The first-order valence-corrected chi connectivity index (χ1v) is 7.86. The summed E-state index contributed by atoms with van der Waals surface area (Å²) in [5.74, 6) is -0.510. The molecule has 0 aliphatic rings. The molecule has 0 spiro atoms. The highest BCUT2D eigenvalue weighted by Gasteiger charge is 2.45. The van der Waals surface area contributed by atoms with Crippen molar-refractivity contribution in [2.45, 2.75) is 49.8 Å². The predicted molar refractivity (Wildman–Crippen MR) is 75.5 cm³/mol. The summed E-state index contributed by atoms with van der Waals surface area (Å²) in [6.07, 6.45) is 1.53. The lowest BCUT2D eigenvalue weighted by Crippen LogP contribution is -2.53. The quantitative estimate of drug-likeness (QED) is 0.868. The van der Waals surface area contributed by atoms with Crippen molar-refractivity contribution in [3.05, 3.63) is 29.8 Å². The van der Waals surface area contributed by atoms with E-state index in [1.54, 1.807) is 25.1 Å². The molecule has 0 fully saturated rings. The Hall–Kier alpha value is -1.20. The van der Waals surface area contributed by atoms with E-state index in [0.29, 0.717) is 12.0 Å². The molecule has 5 heteroatoms. The minimum Gasteiger partial charge on any atom is -0.306 e. The molecule has 1 aromatic rings. The lowest BCUT2D eigenvalue weighted by atomic mass is 10.1. The Bertz CT molecular complexity index is 566. The molecule has 0 aromatic heterocycles. The molecule has 0 saturated carbocycles. The zero-order valence-corrected chi connectivity index (χ0v) is 12.5. The Morgan fingerprint density at radius 3 is 2.37 bits per heavy atom. The smallest absolute Gasteiger partial charge is 0.204 e. The summed E-state index contributed by atoms with van der Waals surface area (Å²) in [6.45, 7) is 4.87. The summed E-state index contributed by atoms with van der Waals surface area (Å²) < 4.78 is 25.4. The van der Waals surface area contributed by atoms with Crippen molar-refractivity contribution >= 4 is 15.6 Å². The van der Waals surface area contributed by atoms with Crippen molar-refractivity contribution < 1.29 is 13.2 Å². The molecule has 1 atom stereocenters. The van der Waals surface area contributed by atoms with Gasteiger partial charge in [-0.25, -0.2) is 8.42 Å². The molecule has 0 heterocycles. The van der Waals surface area contributed by atoms with Crippen molar-refractivity contribution in [2.24, 2.45) is 5.73 Å². The maximum absolute atomic E-state index is 12.7. The number of ketones is 1. The highest BCUT2D eigenvalue weighted by Crippen LogP contribution is 2.29. The molecule has 0 bridgehead atoms. The maximum Gasteiger partial charge on any atom is 0.204 e. The lowest BCUT2D eigenvalue weighted by molar-refractivity contribution is -0.119. The van der Waals surface area contributed by atoms with Crippen molar-refractivity contribution in [3.8, 4) is 0 Å². The van der Waals surface area contributed by atoms with Crippen LogP contribution in [-0.2, 0) is 14.6 Å². The molecule has 1 rings (SSSR count). The van der Waals surface area contributed by atoms with Gasteiger partial charge in [-0.2, -0.15) is 0 Å². The maximum atomic E-state index is 12.7. The van der Waals surface area contributed by atoms with Gasteiger partial charge in [-0.3, -0.25) is 4.79 Å². The number of nitrogens with two attached hydrogens (primary N) is 1. The molecule has 0 radical (unpaired) electrons. The number of rotatable bonds is 6. The van der Waals surface area contributed by atoms with E-state index in [2.05, 4.69) is 0 Å². The summed E-state index contributed by atoms with van der Waals surface area (Å²) in [6, 6.07) is 6.60. The van der Waals surface area contributed by atoms with Gasteiger partial charge >= 0.3 is 0 Å². The second kappa shape index (κ2) is 5.84. The molecule has 0 aliphatic carbocycles. The molecule has 0 amide bonds. The van der Waals surface area contributed by atoms with Crippen LogP contribution in [0.25, 0.3) is 0 Å². The third kappa shape index (κ3) is 2.87. The zero-order chi connectivity index (χ0) is 14.7. The highest BCUT2D eigenvalue weighted by atomic mass is 32.2. The van der Waals surface area contributed by atoms with Gasteiger partial charge in [0, 0.05) is 0 Å². The van der Waals surface area contributed by atoms with Gasteiger partial charge in [0.1, 0.15) is 0 Å². The second-order valence-corrected chi connectivity index (χ2v) is 6.99. The monoisotopic (exact) mass is 283 g/mol. The fourth-order valence-corrected chi connectivity index (χ4v) is 3.93. The SMILES string of the molecule is CCCCC(N)(C(C)=O)S(=O)(=O)c1ccccc1C. The van der Waals surface area contributed by atoms with Crippen molar-refractivity contribution in [1.29, 1.82) is 0 Å². The van der Waals surface area contributed by atoms with Crippen LogP contribution in [0.3, 0.4) is 0 Å². The zero-order valence-electron chi connectivity index (χ0n) is 11.6. The molecule has 2 N–H and O–H groups in total. The first-order chi connectivity index (χ1) is 8.77. The van der Waals surface area contributed by atoms with Gasteiger partial charge in [0.05, 0.1) is 4.90 Å². The van der Waals surface area contributed by atoms with Crippen molar-refractivity contribution in [2.75, 3.05) is 0 Å².